The first-order valence-corrected chi connectivity index (χ1v) is 6.38. The summed E-state index contributed by atoms with van der Waals surface area (Å²) in [5, 5.41) is 0. The Labute approximate surface area is 99.9 Å². The lowest BCUT2D eigenvalue weighted by Crippen LogP contribution is -1.99. The first-order chi connectivity index (χ1) is 7.31. The van der Waals surface area contributed by atoms with E-state index in [1.165, 1.54) is 58.5 Å². The summed E-state index contributed by atoms with van der Waals surface area (Å²) >= 11 is 0. The van der Waals surface area contributed by atoms with Crippen molar-refractivity contribution in [2.24, 2.45) is 0 Å². The monoisotopic (exact) mass is 232 g/mol. The van der Waals surface area contributed by atoms with E-state index < -0.39 is 0 Å². The fraction of sp³-hybridized carbons (Fsp3) is 0.923. The predicted molar refractivity (Wildman–Crippen MR) is 67.5 cm³/mol. The van der Waals surface area contributed by atoms with E-state index in [0.717, 1.165) is 6.42 Å². The zero-order valence-corrected chi connectivity index (χ0v) is 10.9. The van der Waals surface area contributed by atoms with E-state index in [4.69, 9.17) is 0 Å². The molecule has 16 heavy (non-hydrogen) atoms. The van der Waals surface area contributed by atoms with Gasteiger partial charge in [-0.15, -0.1) is 0 Å². The molecule has 0 aliphatic carbocycles. The minimum absolute atomic E-state index is 0. The topological polar surface area (TPSA) is 57.8 Å². The van der Waals surface area contributed by atoms with Crippen molar-refractivity contribution in [2.75, 3.05) is 7.11 Å². The van der Waals surface area contributed by atoms with E-state index in [2.05, 4.69) is 11.7 Å². The molecule has 0 heterocycles. The third kappa shape index (κ3) is 13.4. The number of methoxy groups -OCH3 is 1. The second-order valence-corrected chi connectivity index (χ2v) is 4.15. The van der Waals surface area contributed by atoms with E-state index >= 15 is 0 Å². The highest BCUT2D eigenvalue weighted by molar-refractivity contribution is 5.68. The number of hydrogen-bond donors (Lipinski definition) is 0. The van der Waals surface area contributed by atoms with Crippen LogP contribution in [0.3, 0.4) is 0 Å². The number of rotatable bonds is 10. The fourth-order valence-corrected chi connectivity index (χ4v) is 1.68. The Morgan fingerprint density at radius 3 is 1.75 bits per heavy atom. The van der Waals surface area contributed by atoms with Crippen molar-refractivity contribution in [3.8, 4) is 0 Å². The molecule has 0 fully saturated rings. The summed E-state index contributed by atoms with van der Waals surface area (Å²) in [5.41, 5.74) is 0. The number of unbranched alkanes of at least 4 members (excludes halogenated alkanes) is 8. The lowest BCUT2D eigenvalue weighted by atomic mass is 10.1. The lowest BCUT2D eigenvalue weighted by molar-refractivity contribution is -0.140. The average Bonchev–Trinajstić information content (AvgIpc) is 2.26. The first kappa shape index (κ1) is 17.8. The van der Waals surface area contributed by atoms with Gasteiger partial charge in [0.1, 0.15) is 0 Å². The summed E-state index contributed by atoms with van der Waals surface area (Å²) in [5.74, 6) is -0.0713. The highest BCUT2D eigenvalue weighted by atomic mass is 16.5. The first-order valence-electron chi connectivity index (χ1n) is 6.38. The quantitative estimate of drug-likeness (QED) is 0.429. The molecule has 0 atom stereocenters. The minimum atomic E-state index is -0.0713. The van der Waals surface area contributed by atoms with E-state index in [-0.39, 0.29) is 11.4 Å². The van der Waals surface area contributed by atoms with Gasteiger partial charge in [-0.25, -0.2) is 0 Å². The van der Waals surface area contributed by atoms with Crippen LogP contribution in [0, 0.1) is 0 Å². The second kappa shape index (κ2) is 14.4. The predicted octanol–water partition coefficient (Wildman–Crippen LogP) is 3.26. The SMILES string of the molecule is CCCCCCCCCCCC(=O)OC.O. The Kier molecular flexibility index (Phi) is 16.1. The molecule has 3 nitrogen and oxygen atoms in total. The van der Waals surface area contributed by atoms with Crippen LogP contribution < -0.4 is 0 Å². The summed E-state index contributed by atoms with van der Waals surface area (Å²) in [7, 11) is 1.45. The highest BCUT2D eigenvalue weighted by Crippen LogP contribution is 2.10. The zero-order chi connectivity index (χ0) is 11.4. The van der Waals surface area contributed by atoms with Gasteiger partial charge in [0, 0.05) is 6.42 Å². The maximum Gasteiger partial charge on any atom is 0.305 e. The van der Waals surface area contributed by atoms with E-state index in [1.807, 2.05) is 0 Å². The molecule has 0 aromatic rings. The van der Waals surface area contributed by atoms with Crippen molar-refractivity contribution in [3.05, 3.63) is 0 Å². The van der Waals surface area contributed by atoms with Gasteiger partial charge < -0.3 is 10.2 Å². The molecule has 3 heteroatoms. The molecule has 98 valence electrons. The molecule has 0 spiro atoms. The van der Waals surface area contributed by atoms with Crippen molar-refractivity contribution in [3.63, 3.8) is 0 Å². The van der Waals surface area contributed by atoms with Crippen LogP contribution in [0.25, 0.3) is 0 Å². The van der Waals surface area contributed by atoms with Gasteiger partial charge >= 0.3 is 5.97 Å². The normalized spacial score (nSPS) is 9.62. The molecule has 0 aliphatic rings. The lowest BCUT2D eigenvalue weighted by Gasteiger charge is -2.01. The Balaban J connectivity index is 0. The molecule has 0 unspecified atom stereocenters. The summed E-state index contributed by atoms with van der Waals surface area (Å²) < 4.78 is 4.58. The molecule has 0 radical (unpaired) electrons. The Hall–Kier alpha value is -0.570. The molecule has 0 aromatic carbocycles. The zero-order valence-electron chi connectivity index (χ0n) is 10.9. The van der Waals surface area contributed by atoms with Crippen molar-refractivity contribution >= 4 is 5.97 Å². The smallest absolute Gasteiger partial charge is 0.305 e. The molecule has 2 N–H and O–H groups in total. The maximum atomic E-state index is 10.8. The molecule has 0 saturated carbocycles. The van der Waals surface area contributed by atoms with Gasteiger partial charge in [-0.2, -0.15) is 0 Å². The maximum absolute atomic E-state index is 10.8. The van der Waals surface area contributed by atoms with Crippen LogP contribution in [0.1, 0.15) is 71.1 Å². The molecule has 0 bridgehead atoms. The average molecular weight is 232 g/mol. The summed E-state index contributed by atoms with van der Waals surface area (Å²) in [6.45, 7) is 2.24. The van der Waals surface area contributed by atoms with Crippen molar-refractivity contribution in [1.29, 1.82) is 0 Å². The standard InChI is InChI=1S/C13H26O2.H2O/c1-3-4-5-6-7-8-9-10-11-12-13(14)15-2;/h3-12H2,1-2H3;1H2. The van der Waals surface area contributed by atoms with Gasteiger partial charge in [-0.3, -0.25) is 4.79 Å². The van der Waals surface area contributed by atoms with Gasteiger partial charge in [0.15, 0.2) is 0 Å². The van der Waals surface area contributed by atoms with Gasteiger partial charge in [0.25, 0.3) is 0 Å². The fourth-order valence-electron chi connectivity index (χ4n) is 1.68. The van der Waals surface area contributed by atoms with Gasteiger partial charge in [-0.1, -0.05) is 58.3 Å². The highest BCUT2D eigenvalue weighted by Gasteiger charge is 1.98. The van der Waals surface area contributed by atoms with Crippen LogP contribution in [-0.2, 0) is 9.53 Å². The third-order valence-corrected chi connectivity index (χ3v) is 2.71. The number of ether oxygens (including phenoxy) is 1. The summed E-state index contributed by atoms with van der Waals surface area (Å²) in [6, 6.07) is 0. The molecule has 0 aliphatic heterocycles. The number of carbonyl (C=O) groups excluding carboxylic acids is 1. The second-order valence-electron chi connectivity index (χ2n) is 4.15. The Morgan fingerprint density at radius 2 is 1.31 bits per heavy atom. The number of hydrogen-bond acceptors (Lipinski definition) is 2. The number of carbonyl (C=O) groups is 1. The molecule has 0 aromatic heterocycles. The number of esters is 1. The Morgan fingerprint density at radius 1 is 0.875 bits per heavy atom. The minimum Gasteiger partial charge on any atom is -0.469 e. The van der Waals surface area contributed by atoms with Crippen LogP contribution in [0.15, 0.2) is 0 Å². The van der Waals surface area contributed by atoms with Crippen LogP contribution >= 0.6 is 0 Å². The third-order valence-electron chi connectivity index (χ3n) is 2.71. The largest absolute Gasteiger partial charge is 0.469 e. The van der Waals surface area contributed by atoms with Crippen molar-refractivity contribution in [1.82, 2.24) is 0 Å². The van der Waals surface area contributed by atoms with Crippen LogP contribution in [0.4, 0.5) is 0 Å². The van der Waals surface area contributed by atoms with Crippen LogP contribution in [0.5, 0.6) is 0 Å². The van der Waals surface area contributed by atoms with E-state index in [9.17, 15) is 4.79 Å². The van der Waals surface area contributed by atoms with Gasteiger partial charge in [-0.05, 0) is 6.42 Å². The van der Waals surface area contributed by atoms with E-state index in [1.54, 1.807) is 0 Å². The van der Waals surface area contributed by atoms with Crippen LogP contribution in [-0.4, -0.2) is 18.6 Å². The van der Waals surface area contributed by atoms with Crippen molar-refractivity contribution in [2.45, 2.75) is 71.1 Å². The summed E-state index contributed by atoms with van der Waals surface area (Å²) in [6.07, 6.45) is 12.2. The molecule has 0 amide bonds. The van der Waals surface area contributed by atoms with Gasteiger partial charge in [0.2, 0.25) is 0 Å². The molecule has 0 rings (SSSR count). The van der Waals surface area contributed by atoms with Gasteiger partial charge in [0.05, 0.1) is 7.11 Å². The summed E-state index contributed by atoms with van der Waals surface area (Å²) in [4.78, 5) is 10.8. The van der Waals surface area contributed by atoms with E-state index in [0.29, 0.717) is 6.42 Å². The molecular weight excluding hydrogens is 204 g/mol. The van der Waals surface area contributed by atoms with Crippen molar-refractivity contribution < 1.29 is 15.0 Å². The van der Waals surface area contributed by atoms with Crippen LogP contribution in [0.2, 0.25) is 0 Å². The molecular formula is C13H28O3. The molecule has 0 saturated heterocycles. The Bertz CT molecular complexity index is 146.